The van der Waals surface area contributed by atoms with Gasteiger partial charge < -0.3 is 4.90 Å². The minimum Gasteiger partial charge on any atom is -0.327 e. The molecule has 0 fully saturated rings. The van der Waals surface area contributed by atoms with Gasteiger partial charge in [-0.1, -0.05) is 11.8 Å². The molecule has 0 atom stereocenters. The van der Waals surface area contributed by atoms with Crippen molar-refractivity contribution in [3.63, 3.8) is 0 Å². The van der Waals surface area contributed by atoms with Gasteiger partial charge in [-0.25, -0.2) is 4.98 Å². The Morgan fingerprint density at radius 2 is 2.20 bits per heavy atom. The van der Waals surface area contributed by atoms with Crippen LogP contribution in [0.3, 0.4) is 0 Å². The number of carbonyl (C=O) groups excluding carboxylic acids is 1. The van der Waals surface area contributed by atoms with Gasteiger partial charge in [0.25, 0.3) is 5.56 Å². The van der Waals surface area contributed by atoms with Crippen LogP contribution in [-0.2, 0) is 24.7 Å². The largest absolute Gasteiger partial charge is 0.327 e. The molecule has 0 aliphatic heterocycles. The summed E-state index contributed by atoms with van der Waals surface area (Å²) in [6.07, 6.45) is 3.08. The van der Waals surface area contributed by atoms with Crippen molar-refractivity contribution in [3.8, 4) is 6.07 Å². The van der Waals surface area contributed by atoms with Gasteiger partial charge in [0.1, 0.15) is 10.4 Å². The maximum absolute atomic E-state index is 12.7. The number of hydrogen-bond donors (Lipinski definition) is 0. The van der Waals surface area contributed by atoms with E-state index in [4.69, 9.17) is 5.26 Å². The Morgan fingerprint density at radius 3 is 2.88 bits per heavy atom. The molecule has 1 amide bonds. The Balaban J connectivity index is 1.86. The molecule has 0 N–H and O–H groups in total. The van der Waals surface area contributed by atoms with Crippen LogP contribution in [0.5, 0.6) is 0 Å². The van der Waals surface area contributed by atoms with Crippen LogP contribution in [0.2, 0.25) is 0 Å². The number of hydrogen-bond acceptors (Lipinski definition) is 6. The van der Waals surface area contributed by atoms with Gasteiger partial charge in [0.15, 0.2) is 5.16 Å². The van der Waals surface area contributed by atoms with E-state index in [0.717, 1.165) is 35.0 Å². The summed E-state index contributed by atoms with van der Waals surface area (Å²) in [6, 6.07) is 2.11. The van der Waals surface area contributed by atoms with Gasteiger partial charge in [0, 0.05) is 19.0 Å². The average molecular weight is 377 g/mol. The zero-order valence-corrected chi connectivity index (χ0v) is 16.4. The third-order valence-electron chi connectivity index (χ3n) is 4.72. The van der Waals surface area contributed by atoms with E-state index in [0.29, 0.717) is 5.16 Å². The number of nitriles is 1. The minimum absolute atomic E-state index is 0.0370. The molecule has 1 aliphatic carbocycles. The standard InChI is InChI=1S/C17H20N4O2S2/c1-17(2,9-18)21(4)12(22)8-24-16-19-14-13(15(23)20(16)3)10-6-5-7-11(10)25-14/h5-8H2,1-4H3. The number of nitrogens with zero attached hydrogens (tertiary/aromatic N) is 4. The first-order valence-electron chi connectivity index (χ1n) is 8.08. The summed E-state index contributed by atoms with van der Waals surface area (Å²) in [5.41, 5.74) is 0.261. The average Bonchev–Trinajstić information content (AvgIpc) is 3.16. The molecule has 2 aromatic rings. The molecule has 2 aromatic heterocycles. The Bertz CT molecular complexity index is 952. The molecule has 0 bridgehead atoms. The lowest BCUT2D eigenvalue weighted by Gasteiger charge is -2.29. The number of carbonyl (C=O) groups is 1. The topological polar surface area (TPSA) is 79.0 Å². The summed E-state index contributed by atoms with van der Waals surface area (Å²) in [5.74, 6) is -0.0297. The van der Waals surface area contributed by atoms with Crippen molar-refractivity contribution in [3.05, 3.63) is 20.8 Å². The summed E-state index contributed by atoms with van der Waals surface area (Å²) in [6.45, 7) is 3.39. The van der Waals surface area contributed by atoms with Crippen molar-refractivity contribution in [2.24, 2.45) is 7.05 Å². The minimum atomic E-state index is -0.866. The Kier molecular flexibility index (Phi) is 4.64. The van der Waals surface area contributed by atoms with Crippen molar-refractivity contribution in [2.75, 3.05) is 12.8 Å². The van der Waals surface area contributed by atoms with Crippen LogP contribution in [0, 0.1) is 11.3 Å². The number of amides is 1. The maximum Gasteiger partial charge on any atom is 0.262 e. The lowest BCUT2D eigenvalue weighted by atomic mass is 10.1. The zero-order chi connectivity index (χ0) is 18.4. The molecule has 0 spiro atoms. The smallest absolute Gasteiger partial charge is 0.262 e. The van der Waals surface area contributed by atoms with Gasteiger partial charge in [-0.05, 0) is 38.7 Å². The van der Waals surface area contributed by atoms with E-state index in [1.54, 1.807) is 39.3 Å². The fourth-order valence-corrected chi connectivity index (χ4v) is 5.03. The summed E-state index contributed by atoms with van der Waals surface area (Å²) in [7, 11) is 3.31. The van der Waals surface area contributed by atoms with Crippen LogP contribution in [0.15, 0.2) is 9.95 Å². The van der Waals surface area contributed by atoms with Gasteiger partial charge >= 0.3 is 0 Å². The first kappa shape index (κ1) is 18.0. The highest BCUT2D eigenvalue weighted by Gasteiger charge is 2.28. The normalized spacial score (nSPS) is 13.7. The molecule has 0 aromatic carbocycles. The molecule has 132 valence electrons. The highest BCUT2D eigenvalue weighted by Crippen LogP contribution is 2.35. The highest BCUT2D eigenvalue weighted by atomic mass is 32.2. The van der Waals surface area contributed by atoms with Crippen molar-refractivity contribution in [1.29, 1.82) is 5.26 Å². The van der Waals surface area contributed by atoms with Crippen molar-refractivity contribution < 1.29 is 4.79 Å². The van der Waals surface area contributed by atoms with E-state index in [2.05, 4.69) is 11.1 Å². The van der Waals surface area contributed by atoms with Crippen molar-refractivity contribution in [2.45, 2.75) is 43.8 Å². The van der Waals surface area contributed by atoms with Crippen LogP contribution in [0.1, 0.15) is 30.7 Å². The van der Waals surface area contributed by atoms with Crippen LogP contribution in [0.4, 0.5) is 0 Å². The molecule has 2 heterocycles. The number of rotatable bonds is 4. The second kappa shape index (κ2) is 6.46. The Hall–Kier alpha value is -1.85. The van der Waals surface area contributed by atoms with Crippen molar-refractivity contribution in [1.82, 2.24) is 14.5 Å². The number of thiophene rings is 1. The molecule has 0 unspecified atom stereocenters. The predicted molar refractivity (Wildman–Crippen MR) is 100 cm³/mol. The number of thioether (sulfide) groups is 1. The molecule has 1 aliphatic rings. The third-order valence-corrected chi connectivity index (χ3v) is 6.92. The summed E-state index contributed by atoms with van der Waals surface area (Å²) in [5, 5.41) is 10.4. The molecule has 8 heteroatoms. The SMILES string of the molecule is CN(C(=O)CSc1nc2sc3c(c2c(=O)n1C)CCC3)C(C)(C)C#N. The quantitative estimate of drug-likeness (QED) is 0.604. The van der Waals surface area contributed by atoms with Gasteiger partial charge in [-0.2, -0.15) is 5.26 Å². The second-order valence-electron chi connectivity index (χ2n) is 6.71. The maximum atomic E-state index is 12.7. The molecular weight excluding hydrogens is 356 g/mol. The first-order valence-corrected chi connectivity index (χ1v) is 9.88. The van der Waals surface area contributed by atoms with Gasteiger partial charge in [-0.15, -0.1) is 11.3 Å². The first-order chi connectivity index (χ1) is 11.8. The van der Waals surface area contributed by atoms with E-state index in [9.17, 15) is 9.59 Å². The van der Waals surface area contributed by atoms with Crippen LogP contribution >= 0.6 is 23.1 Å². The monoisotopic (exact) mass is 376 g/mol. The number of aryl methyl sites for hydroxylation is 2. The second-order valence-corrected chi connectivity index (χ2v) is 8.73. The third kappa shape index (κ3) is 3.07. The summed E-state index contributed by atoms with van der Waals surface area (Å²) < 4.78 is 1.53. The van der Waals surface area contributed by atoms with E-state index >= 15 is 0 Å². The predicted octanol–water partition coefficient (Wildman–Crippen LogP) is 2.34. The lowest BCUT2D eigenvalue weighted by molar-refractivity contribution is -0.130. The van der Waals surface area contributed by atoms with Crippen LogP contribution in [0.25, 0.3) is 10.2 Å². The fraction of sp³-hybridized carbons (Fsp3) is 0.529. The molecule has 0 saturated carbocycles. The molecular formula is C17H20N4O2S2. The molecule has 6 nitrogen and oxygen atoms in total. The van der Waals surface area contributed by atoms with Gasteiger partial charge in [0.2, 0.25) is 5.91 Å². The van der Waals surface area contributed by atoms with E-state index in [1.807, 2.05) is 0 Å². The van der Waals surface area contributed by atoms with Crippen LogP contribution < -0.4 is 5.56 Å². The fourth-order valence-electron chi connectivity index (χ4n) is 2.84. The van der Waals surface area contributed by atoms with E-state index in [1.165, 1.54) is 26.1 Å². The Labute approximate surface area is 154 Å². The number of aromatic nitrogens is 2. The van der Waals surface area contributed by atoms with Crippen LogP contribution in [-0.4, -0.2) is 38.7 Å². The van der Waals surface area contributed by atoms with Gasteiger partial charge in [0.05, 0.1) is 17.2 Å². The molecule has 0 saturated heterocycles. The molecule has 25 heavy (non-hydrogen) atoms. The zero-order valence-electron chi connectivity index (χ0n) is 14.8. The summed E-state index contributed by atoms with van der Waals surface area (Å²) >= 11 is 2.83. The highest BCUT2D eigenvalue weighted by molar-refractivity contribution is 7.99. The van der Waals surface area contributed by atoms with E-state index < -0.39 is 5.54 Å². The molecule has 3 rings (SSSR count). The number of fused-ring (bicyclic) bond motifs is 3. The summed E-state index contributed by atoms with van der Waals surface area (Å²) in [4.78, 5) is 33.2. The Morgan fingerprint density at radius 1 is 1.48 bits per heavy atom. The lowest BCUT2D eigenvalue weighted by Crippen LogP contribution is -2.44. The van der Waals surface area contributed by atoms with Gasteiger partial charge in [-0.3, -0.25) is 14.2 Å². The molecule has 0 radical (unpaired) electrons. The van der Waals surface area contributed by atoms with Crippen molar-refractivity contribution >= 4 is 39.2 Å². The van der Waals surface area contributed by atoms with E-state index in [-0.39, 0.29) is 17.2 Å².